The minimum absolute atomic E-state index is 0.0234. The van der Waals surface area contributed by atoms with Gasteiger partial charge in [0.05, 0.1) is 7.11 Å². The normalized spacial score (nSPS) is 11.5. The SMILES string of the molecule is COS(=O)(=O)[O-].[NH3+]C(CCCl)(Cc1ccccc1)Cc1ccccc1. The topological polar surface area (TPSA) is 94.1 Å². The summed E-state index contributed by atoms with van der Waals surface area (Å²) in [6, 6.07) is 21.1. The summed E-state index contributed by atoms with van der Waals surface area (Å²) in [5, 5.41) is 0. The molecule has 0 atom stereocenters. The van der Waals surface area contributed by atoms with Gasteiger partial charge in [-0.3, -0.25) is 4.18 Å². The van der Waals surface area contributed by atoms with Gasteiger partial charge in [0.25, 0.3) is 0 Å². The predicted molar refractivity (Wildman–Crippen MR) is 98.0 cm³/mol. The summed E-state index contributed by atoms with van der Waals surface area (Å²) >= 11 is 5.98. The highest BCUT2D eigenvalue weighted by Crippen LogP contribution is 2.19. The molecule has 2 aromatic rings. The Kier molecular flexibility index (Phi) is 9.10. The van der Waals surface area contributed by atoms with Gasteiger partial charge in [-0.2, -0.15) is 0 Å². The van der Waals surface area contributed by atoms with Gasteiger partial charge < -0.3 is 10.3 Å². The zero-order valence-corrected chi connectivity index (χ0v) is 15.8. The molecule has 0 fully saturated rings. The van der Waals surface area contributed by atoms with Gasteiger partial charge in [0.2, 0.25) is 10.4 Å². The lowest BCUT2D eigenvalue weighted by atomic mass is 9.83. The minimum Gasteiger partial charge on any atom is -0.726 e. The second-order valence-electron chi connectivity index (χ2n) is 5.84. The van der Waals surface area contributed by atoms with Gasteiger partial charge in [-0.15, -0.1) is 11.6 Å². The Labute approximate surface area is 154 Å². The molecule has 0 spiro atoms. The fraction of sp³-hybridized carbons (Fsp3) is 0.333. The van der Waals surface area contributed by atoms with Crippen molar-refractivity contribution in [2.45, 2.75) is 24.8 Å². The van der Waals surface area contributed by atoms with Crippen LogP contribution in [0.1, 0.15) is 17.5 Å². The monoisotopic (exact) mass is 385 g/mol. The Morgan fingerprint density at radius 2 is 1.36 bits per heavy atom. The van der Waals surface area contributed by atoms with Crippen LogP contribution in [-0.4, -0.2) is 31.5 Å². The summed E-state index contributed by atoms with van der Waals surface area (Å²) in [4.78, 5) is 0. The molecule has 3 N–H and O–H groups in total. The van der Waals surface area contributed by atoms with Crippen molar-refractivity contribution in [2.24, 2.45) is 0 Å². The number of rotatable bonds is 7. The van der Waals surface area contributed by atoms with Gasteiger partial charge in [-0.05, 0) is 11.1 Å². The first kappa shape index (κ1) is 21.6. The number of benzene rings is 2. The molecule has 0 aromatic heterocycles. The molecule has 0 amide bonds. The van der Waals surface area contributed by atoms with E-state index in [-0.39, 0.29) is 5.54 Å². The fourth-order valence-corrected chi connectivity index (χ4v) is 2.90. The molecule has 0 heterocycles. The van der Waals surface area contributed by atoms with Crippen molar-refractivity contribution in [3.05, 3.63) is 71.8 Å². The van der Waals surface area contributed by atoms with Crippen molar-refractivity contribution in [3.63, 3.8) is 0 Å². The van der Waals surface area contributed by atoms with E-state index < -0.39 is 10.4 Å². The molecule has 5 nitrogen and oxygen atoms in total. The van der Waals surface area contributed by atoms with Crippen LogP contribution >= 0.6 is 11.6 Å². The molecule has 0 aliphatic rings. The molecule has 0 saturated heterocycles. The van der Waals surface area contributed by atoms with Gasteiger partial charge in [-0.25, -0.2) is 8.42 Å². The van der Waals surface area contributed by atoms with Crippen LogP contribution in [0.3, 0.4) is 0 Å². The maximum Gasteiger partial charge on any atom is 0.217 e. The highest BCUT2D eigenvalue weighted by atomic mass is 35.5. The summed E-state index contributed by atoms with van der Waals surface area (Å²) in [6.45, 7) is 0. The smallest absolute Gasteiger partial charge is 0.217 e. The third-order valence-electron chi connectivity index (χ3n) is 3.67. The van der Waals surface area contributed by atoms with E-state index in [1.807, 2.05) is 12.1 Å². The van der Waals surface area contributed by atoms with Crippen LogP contribution in [0.15, 0.2) is 60.7 Å². The lowest BCUT2D eigenvalue weighted by Gasteiger charge is -2.25. The maximum absolute atomic E-state index is 9.22. The summed E-state index contributed by atoms with van der Waals surface area (Å²) in [5.41, 5.74) is 7.11. The Bertz CT molecular complexity index is 667. The molecule has 25 heavy (non-hydrogen) atoms. The maximum atomic E-state index is 9.22. The molecule has 0 aliphatic heterocycles. The standard InChI is InChI=1S/C17H20ClN.CH4O4S/c18-12-11-17(19,13-15-7-3-1-4-8-15)14-16-9-5-2-6-10-16;1-5-6(2,3)4/h1-10H,11-14,19H2;1H3,(H,2,3,4). The van der Waals surface area contributed by atoms with Crippen molar-refractivity contribution < 1.29 is 22.9 Å². The van der Waals surface area contributed by atoms with Gasteiger partial charge >= 0.3 is 0 Å². The van der Waals surface area contributed by atoms with Crippen molar-refractivity contribution in [3.8, 4) is 0 Å². The van der Waals surface area contributed by atoms with Gasteiger partial charge in [0.1, 0.15) is 5.54 Å². The van der Waals surface area contributed by atoms with Crippen LogP contribution in [0, 0.1) is 0 Å². The van der Waals surface area contributed by atoms with Gasteiger partial charge in [0.15, 0.2) is 0 Å². The van der Waals surface area contributed by atoms with Crippen LogP contribution in [0.2, 0.25) is 0 Å². The number of alkyl halides is 1. The van der Waals surface area contributed by atoms with E-state index >= 15 is 0 Å². The second kappa shape index (κ2) is 10.5. The molecular weight excluding hydrogens is 362 g/mol. The molecule has 7 heteroatoms. The predicted octanol–water partition coefficient (Wildman–Crippen LogP) is 2.17. The Hall–Kier alpha value is -1.44. The quantitative estimate of drug-likeness (QED) is 0.449. The molecule has 0 saturated carbocycles. The van der Waals surface area contributed by atoms with E-state index in [0.717, 1.165) is 26.4 Å². The van der Waals surface area contributed by atoms with E-state index in [1.54, 1.807) is 0 Å². The molecular formula is C18H24ClNO4S. The number of hydrogen-bond acceptors (Lipinski definition) is 4. The van der Waals surface area contributed by atoms with Crippen LogP contribution in [0.4, 0.5) is 0 Å². The van der Waals surface area contributed by atoms with Gasteiger partial charge in [0, 0.05) is 25.1 Å². The Morgan fingerprint density at radius 1 is 1.00 bits per heavy atom. The van der Waals surface area contributed by atoms with E-state index in [1.165, 1.54) is 11.1 Å². The lowest BCUT2D eigenvalue weighted by molar-refractivity contribution is -0.478. The third kappa shape index (κ3) is 9.57. The number of hydrogen-bond donors (Lipinski definition) is 1. The number of halogens is 1. The number of quaternary nitrogens is 1. The van der Waals surface area contributed by atoms with Gasteiger partial charge in [-0.1, -0.05) is 60.7 Å². The first-order valence-corrected chi connectivity index (χ1v) is 9.65. The molecule has 0 unspecified atom stereocenters. The van der Waals surface area contributed by atoms with Crippen molar-refractivity contribution >= 4 is 22.0 Å². The van der Waals surface area contributed by atoms with E-state index in [9.17, 15) is 13.0 Å². The third-order valence-corrected chi connectivity index (χ3v) is 4.27. The van der Waals surface area contributed by atoms with E-state index in [2.05, 4.69) is 58.4 Å². The second-order valence-corrected chi connectivity index (χ2v) is 7.37. The zero-order valence-electron chi connectivity index (χ0n) is 14.2. The Balaban J connectivity index is 0.000000450. The van der Waals surface area contributed by atoms with Crippen LogP contribution in [0.5, 0.6) is 0 Å². The first-order valence-electron chi connectivity index (χ1n) is 7.78. The molecule has 2 rings (SSSR count). The minimum atomic E-state index is -4.41. The molecule has 0 bridgehead atoms. The highest BCUT2D eigenvalue weighted by molar-refractivity contribution is 7.80. The highest BCUT2D eigenvalue weighted by Gasteiger charge is 2.29. The van der Waals surface area contributed by atoms with Crippen LogP contribution in [0.25, 0.3) is 0 Å². The molecule has 0 aliphatic carbocycles. The zero-order chi connectivity index (χ0) is 18.8. The lowest BCUT2D eigenvalue weighted by Crippen LogP contribution is -2.75. The average molecular weight is 386 g/mol. The Morgan fingerprint density at radius 3 is 1.64 bits per heavy atom. The molecule has 2 aromatic carbocycles. The summed E-state index contributed by atoms with van der Waals surface area (Å²) in [6.07, 6.45) is 2.86. The van der Waals surface area contributed by atoms with E-state index in [4.69, 9.17) is 11.6 Å². The molecule has 0 radical (unpaired) electrons. The van der Waals surface area contributed by atoms with Crippen molar-refractivity contribution in [1.82, 2.24) is 0 Å². The summed E-state index contributed by atoms with van der Waals surface area (Å²) in [5.74, 6) is 0.656. The van der Waals surface area contributed by atoms with Crippen molar-refractivity contribution in [2.75, 3.05) is 13.0 Å². The largest absolute Gasteiger partial charge is 0.726 e. The summed E-state index contributed by atoms with van der Waals surface area (Å²) in [7, 11) is -3.60. The first-order chi connectivity index (χ1) is 11.8. The molecule has 138 valence electrons. The van der Waals surface area contributed by atoms with Crippen LogP contribution < -0.4 is 5.73 Å². The van der Waals surface area contributed by atoms with Crippen LogP contribution in [-0.2, 0) is 27.4 Å². The fourth-order valence-electron chi connectivity index (χ4n) is 2.50. The van der Waals surface area contributed by atoms with E-state index in [0.29, 0.717) is 5.88 Å². The average Bonchev–Trinajstić information content (AvgIpc) is 2.56. The summed E-state index contributed by atoms with van der Waals surface area (Å²) < 4.78 is 31.0. The van der Waals surface area contributed by atoms with Crippen molar-refractivity contribution in [1.29, 1.82) is 0 Å².